The number of hydrogen-bond acceptors (Lipinski definition) is 8. The monoisotopic (exact) mass is 483 g/mol. The molecular weight excluding hydrogens is 454 g/mol. The first kappa shape index (κ1) is 26.0. The number of carbonyl (C=O) groups excluding carboxylic acids is 1. The first-order valence-electron chi connectivity index (χ1n) is 11.2. The lowest BCUT2D eigenvalue weighted by Gasteiger charge is -2.25. The van der Waals surface area contributed by atoms with Crippen molar-refractivity contribution in [1.29, 1.82) is 0 Å². The number of carbonyl (C=O) groups is 1. The van der Waals surface area contributed by atoms with Crippen LogP contribution in [-0.2, 0) is 22.5 Å². The highest BCUT2D eigenvalue weighted by Gasteiger charge is 2.44. The molecule has 0 saturated heterocycles. The Bertz CT molecular complexity index is 1070. The molecule has 1 unspecified atom stereocenters. The third kappa shape index (κ3) is 6.93. The Hall–Kier alpha value is -3.63. The second-order valence-electron chi connectivity index (χ2n) is 8.07. The van der Waals surface area contributed by atoms with Gasteiger partial charge in [0, 0.05) is 36.5 Å². The van der Waals surface area contributed by atoms with E-state index in [9.17, 15) is 9.90 Å². The standard InChI is InChI=1S/C24H29N5O6/c25-29-27-13-19-5-2-1-4-18(19)12-24(23(33)26-14-20(32)15-31)16-35-22(28-24)17-6-8-21(9-7-17)34-11-3-10-30/h1-2,4-9,20,30-32H,3,10-16H2,(H,26,33)/t20?,24-/m1/s1. The number of aliphatic hydroxyl groups is 3. The Kier molecular flexibility index (Phi) is 9.45. The molecule has 35 heavy (non-hydrogen) atoms. The second-order valence-corrected chi connectivity index (χ2v) is 8.07. The molecule has 186 valence electrons. The molecule has 1 amide bonds. The molecule has 0 fully saturated rings. The van der Waals surface area contributed by atoms with Crippen molar-refractivity contribution in [2.75, 3.05) is 33.0 Å². The summed E-state index contributed by atoms with van der Waals surface area (Å²) in [5.74, 6) is 0.467. The van der Waals surface area contributed by atoms with E-state index >= 15 is 0 Å². The molecule has 11 heteroatoms. The lowest BCUT2D eigenvalue weighted by Crippen LogP contribution is -2.50. The summed E-state index contributed by atoms with van der Waals surface area (Å²) >= 11 is 0. The molecule has 2 aromatic rings. The highest BCUT2D eigenvalue weighted by atomic mass is 16.5. The van der Waals surface area contributed by atoms with E-state index < -0.39 is 24.2 Å². The summed E-state index contributed by atoms with van der Waals surface area (Å²) in [6.07, 6.45) is -0.393. The molecule has 1 aliphatic heterocycles. The predicted octanol–water partition coefficient (Wildman–Crippen LogP) is 1.49. The summed E-state index contributed by atoms with van der Waals surface area (Å²) in [5.41, 5.74) is 9.59. The van der Waals surface area contributed by atoms with Crippen molar-refractivity contribution in [2.24, 2.45) is 10.1 Å². The minimum atomic E-state index is -1.33. The van der Waals surface area contributed by atoms with Gasteiger partial charge in [0.25, 0.3) is 5.91 Å². The average molecular weight is 484 g/mol. The second kappa shape index (κ2) is 12.7. The van der Waals surface area contributed by atoms with Crippen molar-refractivity contribution in [1.82, 2.24) is 5.32 Å². The Morgan fingerprint density at radius 1 is 1.23 bits per heavy atom. The predicted molar refractivity (Wildman–Crippen MR) is 128 cm³/mol. The quantitative estimate of drug-likeness (QED) is 0.146. The molecule has 11 nitrogen and oxygen atoms in total. The van der Waals surface area contributed by atoms with Gasteiger partial charge in [-0.3, -0.25) is 4.79 Å². The van der Waals surface area contributed by atoms with Crippen LogP contribution in [0.2, 0.25) is 0 Å². The fraction of sp³-hybridized carbons (Fsp3) is 0.417. The van der Waals surface area contributed by atoms with Crippen molar-refractivity contribution in [3.63, 3.8) is 0 Å². The van der Waals surface area contributed by atoms with Crippen LogP contribution in [0.1, 0.15) is 23.1 Å². The molecule has 3 rings (SSSR count). The molecule has 1 heterocycles. The van der Waals surface area contributed by atoms with Crippen LogP contribution >= 0.6 is 0 Å². The van der Waals surface area contributed by atoms with Gasteiger partial charge in [-0.15, -0.1) is 0 Å². The zero-order valence-corrected chi connectivity index (χ0v) is 19.2. The van der Waals surface area contributed by atoms with E-state index in [4.69, 9.17) is 25.2 Å². The fourth-order valence-corrected chi connectivity index (χ4v) is 3.58. The molecule has 0 aliphatic carbocycles. The van der Waals surface area contributed by atoms with Gasteiger partial charge < -0.3 is 30.1 Å². The number of amides is 1. The van der Waals surface area contributed by atoms with Crippen LogP contribution in [0.3, 0.4) is 0 Å². The number of aliphatic hydroxyl groups excluding tert-OH is 3. The van der Waals surface area contributed by atoms with Crippen molar-refractivity contribution in [2.45, 2.75) is 31.0 Å². The first-order chi connectivity index (χ1) is 17.0. The van der Waals surface area contributed by atoms with E-state index in [1.807, 2.05) is 24.3 Å². The van der Waals surface area contributed by atoms with Crippen LogP contribution in [0.5, 0.6) is 5.75 Å². The van der Waals surface area contributed by atoms with Crippen molar-refractivity contribution >= 4 is 11.8 Å². The number of hydrogen-bond donors (Lipinski definition) is 4. The van der Waals surface area contributed by atoms with Gasteiger partial charge in [-0.1, -0.05) is 29.4 Å². The Morgan fingerprint density at radius 2 is 1.97 bits per heavy atom. The molecular formula is C24H29N5O6. The zero-order chi connectivity index (χ0) is 25.1. The van der Waals surface area contributed by atoms with Crippen LogP contribution in [0, 0.1) is 0 Å². The maximum Gasteiger partial charge on any atom is 0.252 e. The smallest absolute Gasteiger partial charge is 0.252 e. The summed E-state index contributed by atoms with van der Waals surface area (Å²) in [6.45, 7) is -0.0846. The fourth-order valence-electron chi connectivity index (χ4n) is 3.58. The molecule has 0 aromatic heterocycles. The van der Waals surface area contributed by atoms with Gasteiger partial charge >= 0.3 is 0 Å². The third-order valence-corrected chi connectivity index (χ3v) is 5.47. The Morgan fingerprint density at radius 3 is 2.66 bits per heavy atom. The summed E-state index contributed by atoms with van der Waals surface area (Å²) < 4.78 is 11.4. The molecule has 1 aliphatic rings. The normalized spacial score (nSPS) is 17.6. The molecule has 2 atom stereocenters. The van der Waals surface area contributed by atoms with Crippen molar-refractivity contribution < 1.29 is 29.6 Å². The minimum absolute atomic E-state index is 0.0337. The van der Waals surface area contributed by atoms with E-state index in [1.54, 1.807) is 24.3 Å². The summed E-state index contributed by atoms with van der Waals surface area (Å²) in [5, 5.41) is 34.0. The highest BCUT2D eigenvalue weighted by Crippen LogP contribution is 2.29. The maximum atomic E-state index is 13.3. The van der Waals surface area contributed by atoms with Crippen LogP contribution in [0.15, 0.2) is 58.6 Å². The van der Waals surface area contributed by atoms with E-state index in [0.29, 0.717) is 24.3 Å². The lowest BCUT2D eigenvalue weighted by molar-refractivity contribution is -0.127. The number of nitrogens with one attached hydrogen (secondary N) is 1. The van der Waals surface area contributed by atoms with Crippen LogP contribution in [-0.4, -0.2) is 71.7 Å². The lowest BCUT2D eigenvalue weighted by atomic mass is 9.89. The summed E-state index contributed by atoms with van der Waals surface area (Å²) in [4.78, 5) is 20.8. The van der Waals surface area contributed by atoms with Gasteiger partial charge in [-0.25, -0.2) is 4.99 Å². The largest absolute Gasteiger partial charge is 0.494 e. The topological polar surface area (TPSA) is 169 Å². The summed E-state index contributed by atoms with van der Waals surface area (Å²) in [7, 11) is 0. The highest BCUT2D eigenvalue weighted by molar-refractivity contribution is 6.00. The van der Waals surface area contributed by atoms with E-state index in [1.165, 1.54) is 0 Å². The minimum Gasteiger partial charge on any atom is -0.494 e. The number of nitrogens with zero attached hydrogens (tertiary/aromatic N) is 4. The van der Waals surface area contributed by atoms with E-state index in [2.05, 4.69) is 20.3 Å². The first-order valence-corrected chi connectivity index (χ1v) is 11.2. The Balaban J connectivity index is 1.88. The van der Waals surface area contributed by atoms with Crippen LogP contribution in [0.4, 0.5) is 0 Å². The van der Waals surface area contributed by atoms with Crippen molar-refractivity contribution in [3.05, 3.63) is 75.7 Å². The van der Waals surface area contributed by atoms with Gasteiger partial charge in [-0.05, 0) is 40.9 Å². The molecule has 4 N–H and O–H groups in total. The van der Waals surface area contributed by atoms with Crippen molar-refractivity contribution in [3.8, 4) is 5.75 Å². The molecule has 0 saturated carbocycles. The number of benzene rings is 2. The number of azide groups is 1. The maximum absolute atomic E-state index is 13.3. The SMILES string of the molecule is [N-]=[N+]=NCc1ccccc1C[C@]1(C(=O)NCC(O)CO)COC(c2ccc(OCCCO)cc2)=N1. The number of aliphatic imine (C=N–C) groups is 1. The number of rotatable bonds is 13. The van der Waals surface area contributed by atoms with Gasteiger partial charge in [-0.2, -0.15) is 0 Å². The molecule has 0 radical (unpaired) electrons. The van der Waals surface area contributed by atoms with Crippen LogP contribution < -0.4 is 10.1 Å². The van der Waals surface area contributed by atoms with E-state index in [0.717, 1.165) is 11.1 Å². The average Bonchev–Trinajstić information content (AvgIpc) is 3.32. The Labute approximate surface area is 202 Å². The molecule has 2 aromatic carbocycles. The van der Waals surface area contributed by atoms with Crippen LogP contribution in [0.25, 0.3) is 10.4 Å². The van der Waals surface area contributed by atoms with E-state index in [-0.39, 0.29) is 38.6 Å². The van der Waals surface area contributed by atoms with Gasteiger partial charge in [0.05, 0.1) is 25.9 Å². The molecule has 0 bridgehead atoms. The molecule has 0 spiro atoms. The summed E-state index contributed by atoms with van der Waals surface area (Å²) in [6, 6.07) is 14.4. The van der Waals surface area contributed by atoms with Gasteiger partial charge in [0.1, 0.15) is 12.4 Å². The van der Waals surface area contributed by atoms with Gasteiger partial charge in [0.2, 0.25) is 5.90 Å². The third-order valence-electron chi connectivity index (χ3n) is 5.47. The van der Waals surface area contributed by atoms with Gasteiger partial charge in [0.15, 0.2) is 5.54 Å². The number of ether oxygens (including phenoxy) is 2. The zero-order valence-electron chi connectivity index (χ0n) is 19.2.